The molecule has 0 amide bonds. The fourth-order valence-electron chi connectivity index (χ4n) is 0.569. The molecular weight excluding hydrogens is 248 g/mol. The normalized spacial score (nSPS) is 9.64. The van der Waals surface area contributed by atoms with E-state index in [4.69, 9.17) is 11.6 Å². The highest BCUT2D eigenvalue weighted by Gasteiger charge is 2.08. The molecule has 0 aliphatic heterocycles. The predicted molar refractivity (Wildman–Crippen MR) is 51.6 cm³/mol. The summed E-state index contributed by atoms with van der Waals surface area (Å²) >= 11 is 10.2. The molecule has 0 fully saturated rings. The lowest BCUT2D eigenvalue weighted by Crippen LogP contribution is -1.86. The van der Waals surface area contributed by atoms with Crippen molar-refractivity contribution in [1.29, 1.82) is 0 Å². The van der Waals surface area contributed by atoms with Crippen LogP contribution in [0.1, 0.15) is 9.67 Å². The zero-order chi connectivity index (χ0) is 8.43. The summed E-state index contributed by atoms with van der Waals surface area (Å²) in [5, 5.41) is 0.570. The minimum Gasteiger partial charge on any atom is -0.288 e. The third kappa shape index (κ3) is 1.92. The molecule has 0 saturated heterocycles. The minimum atomic E-state index is -0.0948. The van der Waals surface area contributed by atoms with E-state index in [1.165, 1.54) is 17.4 Å². The van der Waals surface area contributed by atoms with Crippen molar-refractivity contribution in [1.82, 2.24) is 0 Å². The van der Waals surface area contributed by atoms with Gasteiger partial charge in [-0.25, -0.2) is 0 Å². The maximum absolute atomic E-state index is 11.0. The molecule has 0 spiro atoms. The summed E-state index contributed by atoms with van der Waals surface area (Å²) in [6.07, 6.45) is 1.27. The van der Waals surface area contributed by atoms with E-state index in [0.29, 0.717) is 9.90 Å². The van der Waals surface area contributed by atoms with Crippen LogP contribution in [0, 0.1) is 0 Å². The number of halogens is 2. The first-order valence-electron chi connectivity index (χ1n) is 2.76. The first kappa shape index (κ1) is 8.97. The Bertz CT molecular complexity index is 286. The highest BCUT2D eigenvalue weighted by Crippen LogP contribution is 2.32. The van der Waals surface area contributed by atoms with Crippen molar-refractivity contribution in [2.45, 2.75) is 0 Å². The fraction of sp³-hybridized carbons (Fsp3) is 0. The van der Waals surface area contributed by atoms with E-state index in [0.717, 1.165) is 3.79 Å². The predicted octanol–water partition coefficient (Wildman–Crippen LogP) is 3.53. The monoisotopic (exact) mass is 250 g/mol. The lowest BCUT2D eigenvalue weighted by atomic mass is 10.3. The lowest BCUT2D eigenvalue weighted by Gasteiger charge is -1.82. The minimum absolute atomic E-state index is 0.0948. The van der Waals surface area contributed by atoms with Crippen molar-refractivity contribution in [2.75, 3.05) is 0 Å². The number of hydrogen-bond acceptors (Lipinski definition) is 2. The zero-order valence-electron chi connectivity index (χ0n) is 5.43. The van der Waals surface area contributed by atoms with Crippen molar-refractivity contribution in [3.05, 3.63) is 32.4 Å². The van der Waals surface area contributed by atoms with E-state index in [9.17, 15) is 4.79 Å². The Morgan fingerprint density at radius 3 is 2.82 bits per heavy atom. The highest BCUT2D eigenvalue weighted by atomic mass is 79.9. The zero-order valence-corrected chi connectivity index (χ0v) is 8.59. The van der Waals surface area contributed by atoms with Crippen LogP contribution in [0.3, 0.4) is 0 Å². The molecule has 0 aliphatic rings. The van der Waals surface area contributed by atoms with Gasteiger partial charge in [0.25, 0.3) is 0 Å². The molecule has 0 radical (unpaired) electrons. The van der Waals surface area contributed by atoms with Gasteiger partial charge in [-0.1, -0.05) is 18.2 Å². The molecule has 0 saturated carbocycles. The smallest absolute Gasteiger partial charge is 0.195 e. The first-order chi connectivity index (χ1) is 5.15. The first-order valence-corrected chi connectivity index (χ1v) is 4.75. The van der Waals surface area contributed by atoms with Crippen LogP contribution in [0.15, 0.2) is 22.5 Å². The highest BCUT2D eigenvalue weighted by molar-refractivity contribution is 9.11. The van der Waals surface area contributed by atoms with Gasteiger partial charge in [0, 0.05) is 0 Å². The largest absolute Gasteiger partial charge is 0.288 e. The number of hydrogen-bond donors (Lipinski definition) is 0. The molecule has 1 rings (SSSR count). The average molecular weight is 252 g/mol. The van der Waals surface area contributed by atoms with E-state index in [2.05, 4.69) is 22.5 Å². The third-order valence-electron chi connectivity index (χ3n) is 1.07. The van der Waals surface area contributed by atoms with Crippen LogP contribution in [0.4, 0.5) is 0 Å². The Balaban J connectivity index is 3.06. The number of rotatable bonds is 2. The van der Waals surface area contributed by atoms with E-state index in [-0.39, 0.29) is 5.78 Å². The molecule has 0 aliphatic carbocycles. The number of allylic oxidation sites excluding steroid dienone is 1. The van der Waals surface area contributed by atoms with Gasteiger partial charge in [-0.05, 0) is 28.1 Å². The Kier molecular flexibility index (Phi) is 2.87. The lowest BCUT2D eigenvalue weighted by molar-refractivity contribution is 0.105. The average Bonchev–Trinajstić information content (AvgIpc) is 2.31. The number of carbonyl (C=O) groups is 1. The summed E-state index contributed by atoms with van der Waals surface area (Å²) < 4.78 is 0.782. The van der Waals surface area contributed by atoms with Gasteiger partial charge in [0.15, 0.2) is 5.78 Å². The molecule has 1 heterocycles. The second-order valence-electron chi connectivity index (χ2n) is 1.80. The maximum atomic E-state index is 11.0. The quantitative estimate of drug-likeness (QED) is 0.580. The van der Waals surface area contributed by atoms with Crippen molar-refractivity contribution >= 4 is 44.7 Å². The summed E-state index contributed by atoms with van der Waals surface area (Å²) in [6, 6.07) is 1.63. The third-order valence-corrected chi connectivity index (χ3v) is 3.56. The molecule has 0 N–H and O–H groups in total. The standard InChI is InChI=1S/C7H4BrClOS/c1-2-5(10)6-3-4(9)7(8)11-6/h2-3H,1H2. The number of thiophene rings is 1. The van der Waals surface area contributed by atoms with Crippen LogP contribution in [0.2, 0.25) is 5.02 Å². The topological polar surface area (TPSA) is 17.1 Å². The molecule has 4 heteroatoms. The van der Waals surface area contributed by atoms with Crippen molar-refractivity contribution < 1.29 is 4.79 Å². The Hall–Kier alpha value is -0.120. The second kappa shape index (κ2) is 3.52. The molecule has 0 atom stereocenters. The summed E-state index contributed by atoms with van der Waals surface area (Å²) in [4.78, 5) is 11.6. The van der Waals surface area contributed by atoms with Gasteiger partial charge in [-0.3, -0.25) is 4.79 Å². The Morgan fingerprint density at radius 2 is 2.45 bits per heavy atom. The van der Waals surface area contributed by atoms with Crippen molar-refractivity contribution in [3.63, 3.8) is 0 Å². The van der Waals surface area contributed by atoms with Crippen LogP contribution in [0.5, 0.6) is 0 Å². The van der Waals surface area contributed by atoms with E-state index in [1.807, 2.05) is 0 Å². The fourth-order valence-corrected chi connectivity index (χ4v) is 2.21. The Morgan fingerprint density at radius 1 is 1.82 bits per heavy atom. The maximum Gasteiger partial charge on any atom is 0.195 e. The van der Waals surface area contributed by atoms with Gasteiger partial charge in [0.1, 0.15) is 0 Å². The van der Waals surface area contributed by atoms with Crippen LogP contribution in [0.25, 0.3) is 0 Å². The van der Waals surface area contributed by atoms with Crippen LogP contribution >= 0.6 is 38.9 Å². The number of carbonyl (C=O) groups excluding carboxylic acids is 1. The number of ketones is 1. The molecule has 0 bridgehead atoms. The van der Waals surface area contributed by atoms with Gasteiger partial charge in [-0.15, -0.1) is 11.3 Å². The van der Waals surface area contributed by atoms with Crippen LogP contribution in [-0.4, -0.2) is 5.78 Å². The molecule has 11 heavy (non-hydrogen) atoms. The van der Waals surface area contributed by atoms with Gasteiger partial charge >= 0.3 is 0 Å². The Labute approximate surface area is 81.8 Å². The summed E-state index contributed by atoms with van der Waals surface area (Å²) in [7, 11) is 0. The van der Waals surface area contributed by atoms with Gasteiger partial charge in [0.2, 0.25) is 0 Å². The molecular formula is C7H4BrClOS. The molecule has 0 aromatic carbocycles. The summed E-state index contributed by atoms with van der Waals surface area (Å²) in [6.45, 7) is 3.37. The van der Waals surface area contributed by atoms with Crippen molar-refractivity contribution in [2.24, 2.45) is 0 Å². The SMILES string of the molecule is C=CC(=O)c1cc(Cl)c(Br)s1. The van der Waals surface area contributed by atoms with E-state index >= 15 is 0 Å². The van der Waals surface area contributed by atoms with Gasteiger partial charge in [-0.2, -0.15) is 0 Å². The van der Waals surface area contributed by atoms with Crippen LogP contribution in [-0.2, 0) is 0 Å². The van der Waals surface area contributed by atoms with E-state index < -0.39 is 0 Å². The molecule has 1 aromatic rings. The molecule has 58 valence electrons. The second-order valence-corrected chi connectivity index (χ2v) is 4.58. The summed E-state index contributed by atoms with van der Waals surface area (Å²) in [5.41, 5.74) is 0. The molecule has 1 nitrogen and oxygen atoms in total. The van der Waals surface area contributed by atoms with Gasteiger partial charge < -0.3 is 0 Å². The molecule has 1 aromatic heterocycles. The van der Waals surface area contributed by atoms with Crippen molar-refractivity contribution in [3.8, 4) is 0 Å². The van der Waals surface area contributed by atoms with E-state index in [1.54, 1.807) is 6.07 Å². The molecule has 0 unspecified atom stereocenters. The van der Waals surface area contributed by atoms with Gasteiger partial charge in [0.05, 0.1) is 13.7 Å². The summed E-state index contributed by atoms with van der Waals surface area (Å²) in [5.74, 6) is -0.0948. The van der Waals surface area contributed by atoms with Crippen LogP contribution < -0.4 is 0 Å².